The van der Waals surface area contributed by atoms with Crippen LogP contribution >= 0.6 is 11.6 Å². The van der Waals surface area contributed by atoms with Crippen LogP contribution in [0.5, 0.6) is 11.6 Å². The number of halogens is 1. The molecule has 20 heavy (non-hydrogen) atoms. The minimum absolute atomic E-state index is 0.0660. The fraction of sp³-hybridized carbons (Fsp3) is 0.0667. The van der Waals surface area contributed by atoms with Crippen LogP contribution < -0.4 is 4.74 Å². The SMILES string of the molecule is COc1ncccc1-c1cc(Cl)c2cccnc2c1O. The Bertz CT molecular complexity index is 790. The lowest BCUT2D eigenvalue weighted by Gasteiger charge is -2.11. The van der Waals surface area contributed by atoms with Gasteiger partial charge < -0.3 is 9.84 Å². The number of phenols is 1. The Hall–Kier alpha value is -2.33. The first-order chi connectivity index (χ1) is 9.72. The van der Waals surface area contributed by atoms with Crippen molar-refractivity contribution in [1.29, 1.82) is 0 Å². The molecule has 0 spiro atoms. The van der Waals surface area contributed by atoms with Gasteiger partial charge in [-0.15, -0.1) is 0 Å². The van der Waals surface area contributed by atoms with Crippen LogP contribution in [0.15, 0.2) is 42.7 Å². The Balaban J connectivity index is 2.35. The highest BCUT2D eigenvalue weighted by Crippen LogP contribution is 2.41. The molecular formula is C15H11ClN2O2. The molecule has 2 aromatic heterocycles. The standard InChI is InChI=1S/C15H11ClN2O2/c1-20-15-9(4-2-7-18-15)11-8-12(16)10-5-3-6-17-13(10)14(11)19/h2-8,19H,1H3. The summed E-state index contributed by atoms with van der Waals surface area (Å²) in [5.41, 5.74) is 1.68. The van der Waals surface area contributed by atoms with Crippen molar-refractivity contribution in [1.82, 2.24) is 9.97 Å². The summed E-state index contributed by atoms with van der Waals surface area (Å²) >= 11 is 6.27. The maximum Gasteiger partial charge on any atom is 0.221 e. The van der Waals surface area contributed by atoms with Crippen LogP contribution in [0.4, 0.5) is 0 Å². The van der Waals surface area contributed by atoms with Gasteiger partial charge in [0.15, 0.2) is 0 Å². The number of aromatic nitrogens is 2. The van der Waals surface area contributed by atoms with E-state index in [0.29, 0.717) is 32.9 Å². The Morgan fingerprint density at radius 1 is 1.10 bits per heavy atom. The molecular weight excluding hydrogens is 276 g/mol. The summed E-state index contributed by atoms with van der Waals surface area (Å²) < 4.78 is 5.22. The van der Waals surface area contributed by atoms with E-state index < -0.39 is 0 Å². The molecule has 0 saturated carbocycles. The summed E-state index contributed by atoms with van der Waals surface area (Å²) in [7, 11) is 1.53. The fourth-order valence-corrected chi connectivity index (χ4v) is 2.41. The first kappa shape index (κ1) is 12.7. The van der Waals surface area contributed by atoms with Crippen molar-refractivity contribution in [2.75, 3.05) is 7.11 Å². The number of rotatable bonds is 2. The van der Waals surface area contributed by atoms with Gasteiger partial charge in [-0.2, -0.15) is 0 Å². The van der Waals surface area contributed by atoms with Crippen molar-refractivity contribution in [3.63, 3.8) is 0 Å². The van der Waals surface area contributed by atoms with Crippen molar-refractivity contribution in [3.05, 3.63) is 47.7 Å². The predicted octanol–water partition coefficient (Wildman–Crippen LogP) is 3.66. The van der Waals surface area contributed by atoms with Crippen LogP contribution in [0.2, 0.25) is 5.02 Å². The smallest absolute Gasteiger partial charge is 0.221 e. The molecule has 3 rings (SSSR count). The van der Waals surface area contributed by atoms with Gasteiger partial charge in [-0.25, -0.2) is 4.98 Å². The molecule has 0 aliphatic rings. The molecule has 4 nitrogen and oxygen atoms in total. The summed E-state index contributed by atoms with van der Waals surface area (Å²) in [5.74, 6) is 0.491. The number of methoxy groups -OCH3 is 1. The number of phenolic OH excluding ortho intramolecular Hbond substituents is 1. The van der Waals surface area contributed by atoms with E-state index in [2.05, 4.69) is 9.97 Å². The second-order valence-corrected chi connectivity index (χ2v) is 4.62. The van der Waals surface area contributed by atoms with Crippen molar-refractivity contribution in [3.8, 4) is 22.8 Å². The molecule has 0 saturated heterocycles. The number of fused-ring (bicyclic) bond motifs is 1. The van der Waals surface area contributed by atoms with Crippen LogP contribution in [0.1, 0.15) is 0 Å². The van der Waals surface area contributed by atoms with E-state index in [0.717, 1.165) is 0 Å². The van der Waals surface area contributed by atoms with E-state index in [4.69, 9.17) is 16.3 Å². The molecule has 2 heterocycles. The molecule has 0 bridgehead atoms. The van der Waals surface area contributed by atoms with Crippen LogP contribution in [0.3, 0.4) is 0 Å². The zero-order chi connectivity index (χ0) is 14.1. The molecule has 0 unspecified atom stereocenters. The van der Waals surface area contributed by atoms with Gasteiger partial charge in [-0.05, 0) is 30.3 Å². The van der Waals surface area contributed by atoms with E-state index in [1.165, 1.54) is 7.11 Å². The van der Waals surface area contributed by atoms with Gasteiger partial charge in [0.05, 0.1) is 12.1 Å². The number of ether oxygens (including phenoxy) is 1. The van der Waals surface area contributed by atoms with Crippen LogP contribution in [0, 0.1) is 0 Å². The van der Waals surface area contributed by atoms with Gasteiger partial charge in [0.25, 0.3) is 0 Å². The number of nitrogens with zero attached hydrogens (tertiary/aromatic N) is 2. The zero-order valence-electron chi connectivity index (χ0n) is 10.7. The Morgan fingerprint density at radius 2 is 1.85 bits per heavy atom. The summed E-state index contributed by atoms with van der Waals surface area (Å²) in [6.07, 6.45) is 3.24. The van der Waals surface area contributed by atoms with E-state index in [1.807, 2.05) is 12.1 Å². The Labute approximate surface area is 120 Å². The number of aromatic hydroxyl groups is 1. The summed E-state index contributed by atoms with van der Waals surface area (Å²) in [5, 5.41) is 11.7. The third kappa shape index (κ3) is 1.94. The third-order valence-corrected chi connectivity index (χ3v) is 3.38. The molecule has 0 amide bonds. The van der Waals surface area contributed by atoms with Crippen molar-refractivity contribution < 1.29 is 9.84 Å². The number of pyridine rings is 2. The Morgan fingerprint density at radius 3 is 2.65 bits per heavy atom. The largest absolute Gasteiger partial charge is 0.505 e. The quantitative estimate of drug-likeness (QED) is 0.781. The normalized spacial score (nSPS) is 10.7. The van der Waals surface area contributed by atoms with Crippen LogP contribution in [0.25, 0.3) is 22.0 Å². The highest BCUT2D eigenvalue weighted by atomic mass is 35.5. The average molecular weight is 287 g/mol. The number of benzene rings is 1. The maximum absolute atomic E-state index is 10.4. The molecule has 0 aliphatic carbocycles. The minimum Gasteiger partial charge on any atom is -0.505 e. The molecule has 5 heteroatoms. The van der Waals surface area contributed by atoms with E-state index >= 15 is 0 Å². The monoisotopic (exact) mass is 286 g/mol. The zero-order valence-corrected chi connectivity index (χ0v) is 11.4. The summed E-state index contributed by atoms with van der Waals surface area (Å²) in [4.78, 5) is 8.32. The van der Waals surface area contributed by atoms with Crippen molar-refractivity contribution in [2.45, 2.75) is 0 Å². The van der Waals surface area contributed by atoms with Gasteiger partial charge in [0.1, 0.15) is 11.3 Å². The second kappa shape index (κ2) is 4.98. The van der Waals surface area contributed by atoms with E-state index in [1.54, 1.807) is 30.6 Å². The van der Waals surface area contributed by atoms with Gasteiger partial charge in [0.2, 0.25) is 5.88 Å². The third-order valence-electron chi connectivity index (χ3n) is 3.07. The molecule has 0 aliphatic heterocycles. The fourth-order valence-electron chi connectivity index (χ4n) is 2.15. The van der Waals surface area contributed by atoms with Gasteiger partial charge in [-0.1, -0.05) is 11.6 Å². The minimum atomic E-state index is 0.0660. The summed E-state index contributed by atoms with van der Waals surface area (Å²) in [6.45, 7) is 0. The first-order valence-corrected chi connectivity index (χ1v) is 6.35. The van der Waals surface area contributed by atoms with Gasteiger partial charge in [0, 0.05) is 28.9 Å². The van der Waals surface area contributed by atoms with Crippen LogP contribution in [-0.2, 0) is 0 Å². The Kier molecular flexibility index (Phi) is 3.16. The first-order valence-electron chi connectivity index (χ1n) is 5.98. The lowest BCUT2D eigenvalue weighted by Crippen LogP contribution is -1.92. The molecule has 0 radical (unpaired) electrons. The molecule has 0 atom stereocenters. The molecule has 1 N–H and O–H groups in total. The molecule has 0 fully saturated rings. The van der Waals surface area contributed by atoms with Gasteiger partial charge in [-0.3, -0.25) is 4.98 Å². The van der Waals surface area contributed by atoms with Crippen molar-refractivity contribution >= 4 is 22.5 Å². The number of hydrogen-bond acceptors (Lipinski definition) is 4. The topological polar surface area (TPSA) is 55.2 Å². The summed E-state index contributed by atoms with van der Waals surface area (Å²) in [6, 6.07) is 8.87. The lowest BCUT2D eigenvalue weighted by molar-refractivity contribution is 0.399. The van der Waals surface area contributed by atoms with E-state index in [9.17, 15) is 5.11 Å². The highest BCUT2D eigenvalue weighted by molar-refractivity contribution is 6.36. The van der Waals surface area contributed by atoms with E-state index in [-0.39, 0.29) is 5.75 Å². The molecule has 1 aromatic carbocycles. The molecule has 100 valence electrons. The predicted molar refractivity (Wildman–Crippen MR) is 78.2 cm³/mol. The number of hydrogen-bond donors (Lipinski definition) is 1. The van der Waals surface area contributed by atoms with Gasteiger partial charge >= 0.3 is 0 Å². The van der Waals surface area contributed by atoms with Crippen LogP contribution in [-0.4, -0.2) is 22.2 Å². The maximum atomic E-state index is 10.4. The van der Waals surface area contributed by atoms with Crippen molar-refractivity contribution in [2.24, 2.45) is 0 Å². The average Bonchev–Trinajstić information content (AvgIpc) is 2.51. The molecule has 3 aromatic rings. The highest BCUT2D eigenvalue weighted by Gasteiger charge is 2.16. The lowest BCUT2D eigenvalue weighted by atomic mass is 10.0. The second-order valence-electron chi connectivity index (χ2n) is 4.21.